The lowest BCUT2D eigenvalue weighted by molar-refractivity contribution is 0.0778. The molecule has 0 fully saturated rings. The molecule has 0 unspecified atom stereocenters. The van der Waals surface area contributed by atoms with Crippen molar-refractivity contribution >= 4 is 5.91 Å². The Balaban J connectivity index is 2.10. The van der Waals surface area contributed by atoms with Gasteiger partial charge >= 0.3 is 0 Å². The van der Waals surface area contributed by atoms with Crippen LogP contribution in [-0.4, -0.2) is 22.8 Å². The van der Waals surface area contributed by atoms with E-state index < -0.39 is 5.95 Å². The van der Waals surface area contributed by atoms with Gasteiger partial charge in [0.25, 0.3) is 5.91 Å². The van der Waals surface area contributed by atoms with E-state index in [0.717, 1.165) is 5.56 Å². The Morgan fingerprint density at radius 1 is 1.17 bits per heavy atom. The van der Waals surface area contributed by atoms with Gasteiger partial charge in [-0.3, -0.25) is 4.79 Å². The molecule has 0 saturated carbocycles. The molecule has 1 aromatic heterocycles. The minimum Gasteiger partial charge on any atom is -0.336 e. The number of nitrogens with zero attached hydrogens (tertiary/aromatic N) is 2. The molecule has 0 aliphatic heterocycles. The van der Waals surface area contributed by atoms with Crippen LogP contribution in [0, 0.1) is 5.95 Å². The number of pyridine rings is 1. The normalized spacial score (nSPS) is 10.1. The third-order valence-electron chi connectivity index (χ3n) is 2.54. The van der Waals surface area contributed by atoms with E-state index in [0.29, 0.717) is 6.54 Å². The van der Waals surface area contributed by atoms with E-state index in [4.69, 9.17) is 0 Å². The summed E-state index contributed by atoms with van der Waals surface area (Å²) < 4.78 is 12.9. The Morgan fingerprint density at radius 2 is 1.89 bits per heavy atom. The molecule has 0 atom stereocenters. The predicted octanol–water partition coefficient (Wildman–Crippen LogP) is 2.49. The monoisotopic (exact) mass is 244 g/mol. The van der Waals surface area contributed by atoms with Gasteiger partial charge in [-0.05, 0) is 17.7 Å². The molecule has 0 spiro atoms. The lowest BCUT2D eigenvalue weighted by Gasteiger charge is -2.16. The van der Waals surface area contributed by atoms with Crippen LogP contribution >= 0.6 is 0 Å². The zero-order valence-electron chi connectivity index (χ0n) is 10.0. The van der Waals surface area contributed by atoms with Gasteiger partial charge < -0.3 is 4.90 Å². The van der Waals surface area contributed by atoms with Crippen molar-refractivity contribution in [3.8, 4) is 0 Å². The average Bonchev–Trinajstić information content (AvgIpc) is 2.39. The molecular weight excluding hydrogens is 231 g/mol. The number of halogens is 1. The van der Waals surface area contributed by atoms with Gasteiger partial charge in [0.15, 0.2) is 0 Å². The molecule has 18 heavy (non-hydrogen) atoms. The third-order valence-corrected chi connectivity index (χ3v) is 2.54. The van der Waals surface area contributed by atoms with Crippen LogP contribution in [0.25, 0.3) is 0 Å². The fourth-order valence-corrected chi connectivity index (χ4v) is 1.65. The first-order valence-electron chi connectivity index (χ1n) is 5.59. The highest BCUT2D eigenvalue weighted by atomic mass is 19.1. The molecule has 0 bridgehead atoms. The van der Waals surface area contributed by atoms with Gasteiger partial charge in [0.2, 0.25) is 5.95 Å². The second kappa shape index (κ2) is 5.40. The van der Waals surface area contributed by atoms with Crippen molar-refractivity contribution in [1.82, 2.24) is 9.88 Å². The van der Waals surface area contributed by atoms with E-state index >= 15 is 0 Å². The molecule has 1 aromatic carbocycles. The molecule has 1 amide bonds. The highest BCUT2D eigenvalue weighted by molar-refractivity contribution is 5.92. The standard InChI is InChI=1S/C14H13FN2O/c1-17(10-11-6-3-2-4-7-11)14(18)12-8-5-9-13(15)16-12/h2-9H,10H2,1H3. The molecule has 1 heterocycles. The Hall–Kier alpha value is -2.23. The number of hydrogen-bond acceptors (Lipinski definition) is 2. The average molecular weight is 244 g/mol. The summed E-state index contributed by atoms with van der Waals surface area (Å²) in [5, 5.41) is 0. The van der Waals surface area contributed by atoms with Crippen LogP contribution in [0.3, 0.4) is 0 Å². The maximum absolute atomic E-state index is 12.9. The molecule has 2 aromatic rings. The summed E-state index contributed by atoms with van der Waals surface area (Å²) in [6.07, 6.45) is 0. The van der Waals surface area contributed by atoms with Crippen molar-refractivity contribution in [3.05, 3.63) is 65.7 Å². The van der Waals surface area contributed by atoms with Crippen LogP contribution in [0.4, 0.5) is 4.39 Å². The molecule has 0 aliphatic carbocycles. The van der Waals surface area contributed by atoms with E-state index in [-0.39, 0.29) is 11.6 Å². The molecule has 0 aliphatic rings. The topological polar surface area (TPSA) is 33.2 Å². The van der Waals surface area contributed by atoms with E-state index in [2.05, 4.69) is 4.98 Å². The molecular formula is C14H13FN2O. The van der Waals surface area contributed by atoms with Crippen molar-refractivity contribution < 1.29 is 9.18 Å². The molecule has 0 saturated heterocycles. The van der Waals surface area contributed by atoms with Crippen molar-refractivity contribution in [3.63, 3.8) is 0 Å². The maximum Gasteiger partial charge on any atom is 0.272 e. The zero-order chi connectivity index (χ0) is 13.0. The quantitative estimate of drug-likeness (QED) is 0.777. The van der Waals surface area contributed by atoms with Crippen LogP contribution in [0.15, 0.2) is 48.5 Å². The van der Waals surface area contributed by atoms with Crippen molar-refractivity contribution in [1.29, 1.82) is 0 Å². The first-order chi connectivity index (χ1) is 8.66. The molecule has 0 N–H and O–H groups in total. The zero-order valence-corrected chi connectivity index (χ0v) is 10.0. The lowest BCUT2D eigenvalue weighted by atomic mass is 10.2. The Bertz CT molecular complexity index is 543. The Kier molecular flexibility index (Phi) is 3.67. The molecule has 0 radical (unpaired) electrons. The Labute approximate surface area is 105 Å². The van der Waals surface area contributed by atoms with Gasteiger partial charge in [-0.1, -0.05) is 36.4 Å². The SMILES string of the molecule is CN(Cc1ccccc1)C(=O)c1cccc(F)n1. The van der Waals surface area contributed by atoms with Gasteiger partial charge in [0, 0.05) is 13.6 Å². The van der Waals surface area contributed by atoms with Gasteiger partial charge in [-0.15, -0.1) is 0 Å². The van der Waals surface area contributed by atoms with Crippen LogP contribution in [0.2, 0.25) is 0 Å². The summed E-state index contributed by atoms with van der Waals surface area (Å²) in [7, 11) is 1.67. The fourth-order valence-electron chi connectivity index (χ4n) is 1.65. The lowest BCUT2D eigenvalue weighted by Crippen LogP contribution is -2.27. The minimum absolute atomic E-state index is 0.119. The second-order valence-electron chi connectivity index (χ2n) is 3.99. The van der Waals surface area contributed by atoms with Gasteiger partial charge in [0.1, 0.15) is 5.69 Å². The molecule has 3 nitrogen and oxygen atoms in total. The van der Waals surface area contributed by atoms with Crippen LogP contribution < -0.4 is 0 Å². The number of benzene rings is 1. The van der Waals surface area contributed by atoms with E-state index in [1.165, 1.54) is 23.1 Å². The van der Waals surface area contributed by atoms with E-state index in [1.54, 1.807) is 7.05 Å². The van der Waals surface area contributed by atoms with Gasteiger partial charge in [-0.2, -0.15) is 4.39 Å². The fraction of sp³-hybridized carbons (Fsp3) is 0.143. The second-order valence-corrected chi connectivity index (χ2v) is 3.99. The first kappa shape index (κ1) is 12.2. The number of amides is 1. The van der Waals surface area contributed by atoms with Crippen LogP contribution in [0.5, 0.6) is 0 Å². The summed E-state index contributed by atoms with van der Waals surface area (Å²) >= 11 is 0. The third kappa shape index (κ3) is 2.91. The number of carbonyl (C=O) groups is 1. The summed E-state index contributed by atoms with van der Waals surface area (Å²) in [5.41, 5.74) is 1.14. The first-order valence-corrected chi connectivity index (χ1v) is 5.59. The van der Waals surface area contributed by atoms with Gasteiger partial charge in [0.05, 0.1) is 0 Å². The number of carbonyl (C=O) groups excluding carboxylic acids is 1. The van der Waals surface area contributed by atoms with Gasteiger partial charge in [-0.25, -0.2) is 4.98 Å². The van der Waals surface area contributed by atoms with Crippen molar-refractivity contribution in [2.45, 2.75) is 6.54 Å². The molecule has 92 valence electrons. The smallest absolute Gasteiger partial charge is 0.272 e. The van der Waals surface area contributed by atoms with Crippen molar-refractivity contribution in [2.24, 2.45) is 0 Å². The van der Waals surface area contributed by atoms with Crippen LogP contribution in [0.1, 0.15) is 16.1 Å². The minimum atomic E-state index is -0.644. The maximum atomic E-state index is 12.9. The number of hydrogen-bond donors (Lipinski definition) is 0. The molecule has 4 heteroatoms. The highest BCUT2D eigenvalue weighted by Gasteiger charge is 2.13. The molecule has 2 rings (SSSR count). The summed E-state index contributed by atoms with van der Waals surface area (Å²) in [4.78, 5) is 17.1. The van der Waals surface area contributed by atoms with Crippen LogP contribution in [-0.2, 0) is 6.54 Å². The number of aromatic nitrogens is 1. The Morgan fingerprint density at radius 3 is 2.56 bits per heavy atom. The van der Waals surface area contributed by atoms with Crippen molar-refractivity contribution in [2.75, 3.05) is 7.05 Å². The summed E-state index contributed by atoms with van der Waals surface area (Å²) in [5.74, 6) is -0.938. The highest BCUT2D eigenvalue weighted by Crippen LogP contribution is 2.07. The van der Waals surface area contributed by atoms with E-state index in [1.807, 2.05) is 30.3 Å². The van der Waals surface area contributed by atoms with E-state index in [9.17, 15) is 9.18 Å². The summed E-state index contributed by atoms with van der Waals surface area (Å²) in [6, 6.07) is 13.8. The largest absolute Gasteiger partial charge is 0.336 e. The summed E-state index contributed by atoms with van der Waals surface area (Å²) in [6.45, 7) is 0.470. The number of rotatable bonds is 3. The predicted molar refractivity (Wildman–Crippen MR) is 66.4 cm³/mol.